The van der Waals surface area contributed by atoms with Crippen molar-refractivity contribution < 1.29 is 37.6 Å². The molecule has 3 N–H and O–H groups in total. The number of carbonyl (C=O) groups is 2. The van der Waals surface area contributed by atoms with Crippen LogP contribution in [0.4, 0.5) is 0 Å². The molecule has 2 atom stereocenters. The SMILES string of the molecule is CC/C=C\C/C=C\C/C=C\C/C=C\C/C=C\C/C=C\C/C=C\C/C=C\C/C=C\C/C=C\C/C=C\CCCCCCCC(=O)OC(COC(=O)CCCCCCCCCCCCCCCCCCCCCCCCCCCCCCC)COP(=O)(O)OCCN. The molecule has 0 saturated carbocycles. The van der Waals surface area contributed by atoms with Crippen LogP contribution in [-0.4, -0.2) is 49.3 Å². The first-order valence-electron chi connectivity index (χ1n) is 36.7. The predicted octanol–water partition coefficient (Wildman–Crippen LogP) is 24.4. The van der Waals surface area contributed by atoms with Gasteiger partial charge < -0.3 is 20.1 Å². The lowest BCUT2D eigenvalue weighted by Crippen LogP contribution is -2.29. The topological polar surface area (TPSA) is 134 Å². The summed E-state index contributed by atoms with van der Waals surface area (Å²) in [6.45, 7) is 3.64. The van der Waals surface area contributed by atoms with Crippen LogP contribution in [0.3, 0.4) is 0 Å². The molecule has 0 spiro atoms. The molecule has 0 radical (unpaired) electrons. The molecule has 0 aromatic rings. The Balaban J connectivity index is 3.96. The van der Waals surface area contributed by atoms with Gasteiger partial charge in [0.05, 0.1) is 13.2 Å². The lowest BCUT2D eigenvalue weighted by atomic mass is 10.0. The molecule has 0 fully saturated rings. The number of unbranched alkanes of at least 4 members (excludes halogenated alkanes) is 33. The molecule has 0 heterocycles. The van der Waals surface area contributed by atoms with E-state index in [1.54, 1.807) is 0 Å². The summed E-state index contributed by atoms with van der Waals surface area (Å²) in [5.74, 6) is -0.846. The Labute approximate surface area is 548 Å². The fourth-order valence-electron chi connectivity index (χ4n) is 10.2. The summed E-state index contributed by atoms with van der Waals surface area (Å²) in [7, 11) is -4.41. The molecular weight excluding hydrogens is 1120 g/mol. The maximum atomic E-state index is 12.8. The molecule has 0 bridgehead atoms. The minimum absolute atomic E-state index is 0.0450. The summed E-state index contributed by atoms with van der Waals surface area (Å²) in [6.07, 6.45) is 104. The highest BCUT2D eigenvalue weighted by molar-refractivity contribution is 7.47. The van der Waals surface area contributed by atoms with Gasteiger partial charge in [0.25, 0.3) is 0 Å². The average Bonchev–Trinajstić information content (AvgIpc) is 3.68. The van der Waals surface area contributed by atoms with Crippen LogP contribution in [0.2, 0.25) is 0 Å². The van der Waals surface area contributed by atoms with E-state index >= 15 is 0 Å². The summed E-state index contributed by atoms with van der Waals surface area (Å²) >= 11 is 0. The van der Waals surface area contributed by atoms with Crippen LogP contribution in [0.15, 0.2) is 134 Å². The normalized spacial score (nSPS) is 13.7. The molecule has 0 aliphatic heterocycles. The number of phosphoric acid groups is 1. The summed E-state index contributed by atoms with van der Waals surface area (Å²) in [6, 6.07) is 0. The van der Waals surface area contributed by atoms with Gasteiger partial charge in [0.2, 0.25) is 0 Å². The van der Waals surface area contributed by atoms with Crippen LogP contribution in [-0.2, 0) is 32.7 Å². The molecular formula is C79H136NO8P. The van der Waals surface area contributed by atoms with E-state index in [0.29, 0.717) is 6.42 Å². The Morgan fingerprint density at radius 2 is 0.618 bits per heavy atom. The Kier molecular flexibility index (Phi) is 70.0. The van der Waals surface area contributed by atoms with E-state index in [1.807, 2.05) is 0 Å². The van der Waals surface area contributed by atoms with Gasteiger partial charge in [0.15, 0.2) is 6.10 Å². The molecule has 9 nitrogen and oxygen atoms in total. The maximum absolute atomic E-state index is 12.8. The quantitative estimate of drug-likeness (QED) is 0.0264. The van der Waals surface area contributed by atoms with Gasteiger partial charge in [-0.2, -0.15) is 0 Å². The van der Waals surface area contributed by atoms with Crippen molar-refractivity contribution in [2.24, 2.45) is 5.73 Å². The van der Waals surface area contributed by atoms with Crippen LogP contribution >= 0.6 is 7.82 Å². The van der Waals surface area contributed by atoms with Gasteiger partial charge in [-0.1, -0.05) is 347 Å². The fraction of sp³-hybridized carbons (Fsp3) is 0.696. The summed E-state index contributed by atoms with van der Waals surface area (Å²) in [4.78, 5) is 35.4. The van der Waals surface area contributed by atoms with E-state index in [2.05, 4.69) is 148 Å². The van der Waals surface area contributed by atoms with Crippen molar-refractivity contribution in [3.8, 4) is 0 Å². The standard InChI is InChI=1S/C79H136NO8P/c1-3-5-7-9-11-13-15-17-19-21-23-25-27-29-31-33-34-35-36-37-38-39-40-41-42-44-46-48-50-52-54-56-58-60-62-64-66-68-70-72-79(82)88-77(76-87-89(83,84)86-74-73-80)75-85-78(81)71-69-67-65-63-61-59-57-55-53-51-49-47-45-43-32-30-28-26-24-22-20-18-16-14-12-10-8-6-4-2/h5,7,11,13,17,19,23,25,29,31,34-35,37-38,40-41,44,46,50,52,56,58,77H,3-4,6,8-10,12,14-16,18,20-22,24,26-28,30,32-33,36,39,42-43,45,47-49,51,53-55,57,59-76,80H2,1-2H3,(H,83,84)/b7-5-,13-11-,19-17-,25-23-,31-29-,35-34-,38-37-,41-40-,46-44-,52-50-,58-56-. The largest absolute Gasteiger partial charge is 0.472 e. The van der Waals surface area contributed by atoms with E-state index in [9.17, 15) is 19.0 Å². The zero-order chi connectivity index (χ0) is 64.4. The number of rotatable bonds is 68. The highest BCUT2D eigenvalue weighted by atomic mass is 31.2. The second-order valence-electron chi connectivity index (χ2n) is 24.1. The first-order chi connectivity index (χ1) is 43.8. The van der Waals surface area contributed by atoms with Gasteiger partial charge in [0, 0.05) is 19.4 Å². The molecule has 89 heavy (non-hydrogen) atoms. The van der Waals surface area contributed by atoms with Gasteiger partial charge in [0.1, 0.15) is 6.61 Å². The number of hydrogen-bond donors (Lipinski definition) is 2. The zero-order valence-electron chi connectivity index (χ0n) is 57.4. The average molecular weight is 1260 g/mol. The van der Waals surface area contributed by atoms with Crippen molar-refractivity contribution in [3.63, 3.8) is 0 Å². The Bertz CT molecular complexity index is 1920. The first-order valence-corrected chi connectivity index (χ1v) is 38.2. The van der Waals surface area contributed by atoms with Crippen LogP contribution in [0.1, 0.15) is 322 Å². The second-order valence-corrected chi connectivity index (χ2v) is 25.5. The molecule has 2 unspecified atom stereocenters. The van der Waals surface area contributed by atoms with Crippen molar-refractivity contribution in [2.75, 3.05) is 26.4 Å². The van der Waals surface area contributed by atoms with E-state index in [0.717, 1.165) is 122 Å². The monoisotopic (exact) mass is 1260 g/mol. The van der Waals surface area contributed by atoms with Crippen LogP contribution in [0, 0.1) is 0 Å². The third-order valence-corrected chi connectivity index (χ3v) is 16.5. The lowest BCUT2D eigenvalue weighted by Gasteiger charge is -2.19. The fourth-order valence-corrected chi connectivity index (χ4v) is 10.9. The minimum atomic E-state index is -4.41. The van der Waals surface area contributed by atoms with Gasteiger partial charge in [-0.05, 0) is 96.3 Å². The highest BCUT2D eigenvalue weighted by Crippen LogP contribution is 2.43. The van der Waals surface area contributed by atoms with Crippen molar-refractivity contribution in [3.05, 3.63) is 134 Å². The van der Waals surface area contributed by atoms with Gasteiger partial charge in [-0.25, -0.2) is 4.57 Å². The van der Waals surface area contributed by atoms with Crippen molar-refractivity contribution in [2.45, 2.75) is 328 Å². The third-order valence-electron chi connectivity index (χ3n) is 15.6. The number of phosphoric ester groups is 1. The molecule has 0 amide bonds. The number of esters is 2. The van der Waals surface area contributed by atoms with Crippen molar-refractivity contribution >= 4 is 19.8 Å². The van der Waals surface area contributed by atoms with Gasteiger partial charge >= 0.3 is 19.8 Å². The molecule has 510 valence electrons. The minimum Gasteiger partial charge on any atom is -0.462 e. The van der Waals surface area contributed by atoms with E-state index in [1.165, 1.54) is 167 Å². The summed E-state index contributed by atoms with van der Waals surface area (Å²) < 4.78 is 33.2. The number of ether oxygens (including phenoxy) is 2. The Hall–Kier alpha value is -3.85. The van der Waals surface area contributed by atoms with Gasteiger partial charge in [-0.3, -0.25) is 18.6 Å². The zero-order valence-corrected chi connectivity index (χ0v) is 58.3. The highest BCUT2D eigenvalue weighted by Gasteiger charge is 2.26. The van der Waals surface area contributed by atoms with Crippen LogP contribution < -0.4 is 5.73 Å². The first kappa shape index (κ1) is 85.2. The van der Waals surface area contributed by atoms with Crippen LogP contribution in [0.5, 0.6) is 0 Å². The second kappa shape index (κ2) is 73.2. The van der Waals surface area contributed by atoms with Gasteiger partial charge in [-0.15, -0.1) is 0 Å². The molecule has 10 heteroatoms. The molecule has 0 aromatic heterocycles. The number of hydrogen-bond acceptors (Lipinski definition) is 8. The molecule has 0 aliphatic rings. The molecule has 0 saturated heterocycles. The maximum Gasteiger partial charge on any atom is 0.472 e. The van der Waals surface area contributed by atoms with E-state index < -0.39 is 26.5 Å². The summed E-state index contributed by atoms with van der Waals surface area (Å²) in [5.41, 5.74) is 5.40. The predicted molar refractivity (Wildman–Crippen MR) is 385 cm³/mol. The smallest absolute Gasteiger partial charge is 0.462 e. The number of allylic oxidation sites excluding steroid dienone is 22. The Morgan fingerprint density at radius 3 is 0.921 bits per heavy atom. The molecule has 0 rings (SSSR count). The third kappa shape index (κ3) is 73.1. The lowest BCUT2D eigenvalue weighted by molar-refractivity contribution is -0.161. The summed E-state index contributed by atoms with van der Waals surface area (Å²) in [5, 5.41) is 0. The Morgan fingerprint density at radius 1 is 0.348 bits per heavy atom. The van der Waals surface area contributed by atoms with Crippen molar-refractivity contribution in [1.82, 2.24) is 0 Å². The van der Waals surface area contributed by atoms with E-state index in [-0.39, 0.29) is 38.6 Å². The molecule has 0 aromatic carbocycles. The number of carbonyl (C=O) groups excluding carboxylic acids is 2. The van der Waals surface area contributed by atoms with Crippen molar-refractivity contribution in [1.29, 1.82) is 0 Å². The van der Waals surface area contributed by atoms with Crippen LogP contribution in [0.25, 0.3) is 0 Å². The number of nitrogens with two attached hydrogens (primary N) is 1. The van der Waals surface area contributed by atoms with E-state index in [4.69, 9.17) is 24.3 Å². The molecule has 0 aliphatic carbocycles.